The first kappa shape index (κ1) is 9.44. The average Bonchev–Trinajstić information content (AvgIpc) is 2.59. The fourth-order valence-electron chi connectivity index (χ4n) is 2.80. The Hall–Kier alpha value is -0.120. The van der Waals surface area contributed by atoms with Crippen LogP contribution in [0.4, 0.5) is 0 Å². The van der Waals surface area contributed by atoms with Crippen LogP contribution in [-0.2, 0) is 4.74 Å². The van der Waals surface area contributed by atoms with Gasteiger partial charge in [0.2, 0.25) is 0 Å². The molecule has 2 N–H and O–H groups in total. The summed E-state index contributed by atoms with van der Waals surface area (Å²) in [6.45, 7) is 5.51. The smallest absolute Gasteiger partial charge is 0.0830 e. The standard InChI is InChI=1S/C10H18O3/c1-5-7-3-13-4-8(7)6(2)10(12)9(5)11/h5-12H,3-4H2,1-2H3/t5-,6+,7+,8-,9-,10-/m1/s1. The number of hydrogen-bond acceptors (Lipinski definition) is 3. The minimum Gasteiger partial charge on any atom is -0.390 e. The van der Waals surface area contributed by atoms with Crippen LogP contribution in [0.5, 0.6) is 0 Å². The number of ether oxygens (including phenoxy) is 1. The molecule has 0 spiro atoms. The second kappa shape index (κ2) is 3.23. The molecule has 0 unspecified atom stereocenters. The molecule has 2 rings (SSSR count). The molecular weight excluding hydrogens is 168 g/mol. The van der Waals surface area contributed by atoms with Gasteiger partial charge in [0, 0.05) is 0 Å². The van der Waals surface area contributed by atoms with E-state index in [4.69, 9.17) is 4.74 Å². The Morgan fingerprint density at radius 1 is 0.923 bits per heavy atom. The van der Waals surface area contributed by atoms with Crippen LogP contribution < -0.4 is 0 Å². The van der Waals surface area contributed by atoms with E-state index in [1.807, 2.05) is 13.8 Å². The summed E-state index contributed by atoms with van der Waals surface area (Å²) in [5, 5.41) is 19.5. The van der Waals surface area contributed by atoms with Gasteiger partial charge in [-0.2, -0.15) is 0 Å². The first-order chi connectivity index (χ1) is 6.13. The molecule has 0 aromatic heterocycles. The summed E-state index contributed by atoms with van der Waals surface area (Å²) >= 11 is 0. The molecule has 1 saturated carbocycles. The molecule has 76 valence electrons. The summed E-state index contributed by atoms with van der Waals surface area (Å²) in [7, 11) is 0. The van der Waals surface area contributed by atoms with Gasteiger partial charge in [-0.15, -0.1) is 0 Å². The molecule has 2 fully saturated rings. The van der Waals surface area contributed by atoms with Crippen molar-refractivity contribution in [2.75, 3.05) is 13.2 Å². The zero-order valence-corrected chi connectivity index (χ0v) is 8.18. The second-order valence-electron chi connectivity index (χ2n) is 4.56. The van der Waals surface area contributed by atoms with Crippen molar-refractivity contribution in [3.8, 4) is 0 Å². The highest BCUT2D eigenvalue weighted by Gasteiger charge is 2.48. The van der Waals surface area contributed by atoms with E-state index in [2.05, 4.69) is 0 Å². The average molecular weight is 186 g/mol. The first-order valence-corrected chi connectivity index (χ1v) is 5.06. The maximum atomic E-state index is 9.76. The number of aliphatic hydroxyl groups excluding tert-OH is 2. The van der Waals surface area contributed by atoms with Crippen LogP contribution in [0.2, 0.25) is 0 Å². The van der Waals surface area contributed by atoms with Crippen molar-refractivity contribution in [2.24, 2.45) is 23.7 Å². The largest absolute Gasteiger partial charge is 0.390 e. The molecule has 0 bridgehead atoms. The highest BCUT2D eigenvalue weighted by Crippen LogP contribution is 2.42. The van der Waals surface area contributed by atoms with Gasteiger partial charge in [-0.3, -0.25) is 0 Å². The van der Waals surface area contributed by atoms with Gasteiger partial charge < -0.3 is 14.9 Å². The molecule has 0 aromatic rings. The van der Waals surface area contributed by atoms with Crippen LogP contribution in [0, 0.1) is 23.7 Å². The van der Waals surface area contributed by atoms with Crippen molar-refractivity contribution in [3.05, 3.63) is 0 Å². The predicted octanol–water partition coefficient (Wildman–Crippen LogP) is 0.257. The third kappa shape index (κ3) is 1.30. The lowest BCUT2D eigenvalue weighted by molar-refractivity contribution is -0.105. The SMILES string of the molecule is C[C@@H]1[C@@H](O)[C@H](O)[C@H](C)[C@@H]2COC[C@H]12. The van der Waals surface area contributed by atoms with E-state index in [1.165, 1.54) is 0 Å². The van der Waals surface area contributed by atoms with Crippen LogP contribution in [0.15, 0.2) is 0 Å². The van der Waals surface area contributed by atoms with Crippen LogP contribution in [-0.4, -0.2) is 35.6 Å². The third-order valence-electron chi connectivity index (χ3n) is 3.95. The van der Waals surface area contributed by atoms with Crippen LogP contribution in [0.3, 0.4) is 0 Å². The third-order valence-corrected chi connectivity index (χ3v) is 3.95. The molecule has 13 heavy (non-hydrogen) atoms. The number of hydrogen-bond donors (Lipinski definition) is 2. The van der Waals surface area contributed by atoms with Crippen LogP contribution in [0.25, 0.3) is 0 Å². The zero-order valence-electron chi connectivity index (χ0n) is 8.18. The van der Waals surface area contributed by atoms with Crippen LogP contribution >= 0.6 is 0 Å². The monoisotopic (exact) mass is 186 g/mol. The Bertz CT molecular complexity index is 175. The highest BCUT2D eigenvalue weighted by atomic mass is 16.5. The van der Waals surface area contributed by atoms with E-state index in [-0.39, 0.29) is 11.8 Å². The molecule has 1 aliphatic heterocycles. The Morgan fingerprint density at radius 3 is 1.69 bits per heavy atom. The van der Waals surface area contributed by atoms with E-state index in [0.29, 0.717) is 11.8 Å². The lowest BCUT2D eigenvalue weighted by atomic mass is 9.66. The van der Waals surface area contributed by atoms with Crippen molar-refractivity contribution >= 4 is 0 Å². The van der Waals surface area contributed by atoms with Crippen molar-refractivity contribution in [1.82, 2.24) is 0 Å². The number of aliphatic hydroxyl groups is 2. The minimum atomic E-state index is -0.571. The minimum absolute atomic E-state index is 0.165. The molecule has 3 heteroatoms. The summed E-state index contributed by atoms with van der Waals surface area (Å²) in [5.41, 5.74) is 0. The Balaban J connectivity index is 2.19. The summed E-state index contributed by atoms with van der Waals surface area (Å²) in [6.07, 6.45) is -1.14. The summed E-state index contributed by atoms with van der Waals surface area (Å²) in [4.78, 5) is 0. The first-order valence-electron chi connectivity index (χ1n) is 5.06. The van der Waals surface area contributed by atoms with E-state index >= 15 is 0 Å². The van der Waals surface area contributed by atoms with Gasteiger partial charge in [0.1, 0.15) is 0 Å². The van der Waals surface area contributed by atoms with Gasteiger partial charge >= 0.3 is 0 Å². The molecule has 0 aromatic carbocycles. The van der Waals surface area contributed by atoms with Crippen LogP contribution in [0.1, 0.15) is 13.8 Å². The lowest BCUT2D eigenvalue weighted by Crippen LogP contribution is -2.50. The fraction of sp³-hybridized carbons (Fsp3) is 1.00. The van der Waals surface area contributed by atoms with Gasteiger partial charge in [-0.25, -0.2) is 0 Å². The van der Waals surface area contributed by atoms with Gasteiger partial charge in [-0.05, 0) is 23.7 Å². The Morgan fingerprint density at radius 2 is 1.31 bits per heavy atom. The van der Waals surface area contributed by atoms with Crippen molar-refractivity contribution in [2.45, 2.75) is 26.1 Å². The maximum Gasteiger partial charge on any atom is 0.0830 e. The quantitative estimate of drug-likeness (QED) is 0.570. The molecule has 0 amide bonds. The number of fused-ring (bicyclic) bond motifs is 1. The Kier molecular flexibility index (Phi) is 2.34. The molecule has 1 saturated heterocycles. The molecule has 2 aliphatic rings. The molecule has 0 radical (unpaired) electrons. The predicted molar refractivity (Wildman–Crippen MR) is 48.1 cm³/mol. The van der Waals surface area contributed by atoms with Gasteiger partial charge in [-0.1, -0.05) is 13.8 Å². The molecular formula is C10H18O3. The molecule has 6 atom stereocenters. The van der Waals surface area contributed by atoms with E-state index in [1.54, 1.807) is 0 Å². The number of rotatable bonds is 0. The fourth-order valence-corrected chi connectivity index (χ4v) is 2.80. The highest BCUT2D eigenvalue weighted by molar-refractivity contribution is 4.96. The maximum absolute atomic E-state index is 9.76. The van der Waals surface area contributed by atoms with Crippen molar-refractivity contribution in [3.63, 3.8) is 0 Å². The van der Waals surface area contributed by atoms with E-state index < -0.39 is 12.2 Å². The van der Waals surface area contributed by atoms with E-state index in [0.717, 1.165) is 13.2 Å². The molecule has 1 heterocycles. The Labute approximate surface area is 78.7 Å². The van der Waals surface area contributed by atoms with Gasteiger partial charge in [0.15, 0.2) is 0 Å². The second-order valence-corrected chi connectivity index (χ2v) is 4.56. The van der Waals surface area contributed by atoms with Gasteiger partial charge in [0.05, 0.1) is 25.4 Å². The summed E-state index contributed by atoms with van der Waals surface area (Å²) in [6, 6.07) is 0. The summed E-state index contributed by atoms with van der Waals surface area (Å²) in [5.74, 6) is 1.21. The van der Waals surface area contributed by atoms with Crippen molar-refractivity contribution in [1.29, 1.82) is 0 Å². The zero-order chi connectivity index (χ0) is 9.59. The van der Waals surface area contributed by atoms with Gasteiger partial charge in [0.25, 0.3) is 0 Å². The topological polar surface area (TPSA) is 49.7 Å². The van der Waals surface area contributed by atoms with E-state index in [9.17, 15) is 10.2 Å². The normalized spacial score (nSPS) is 56.3. The van der Waals surface area contributed by atoms with Crippen molar-refractivity contribution < 1.29 is 14.9 Å². The molecule has 1 aliphatic carbocycles. The summed E-state index contributed by atoms with van der Waals surface area (Å²) < 4.78 is 5.41. The molecule has 3 nitrogen and oxygen atoms in total. The lowest BCUT2D eigenvalue weighted by Gasteiger charge is -2.42.